The molecule has 13 nitrogen and oxygen atoms in total. The van der Waals surface area contributed by atoms with Crippen molar-refractivity contribution in [3.8, 4) is 0 Å². The molecule has 1 amide bonds. The van der Waals surface area contributed by atoms with Crippen molar-refractivity contribution >= 4 is 11.6 Å². The van der Waals surface area contributed by atoms with Crippen LogP contribution in [0.1, 0.15) is 25.3 Å². The second kappa shape index (κ2) is 8.77. The van der Waals surface area contributed by atoms with Crippen molar-refractivity contribution in [3.05, 3.63) is 82.8 Å². The number of hydrogen-bond donors (Lipinski definition) is 2. The molecule has 1 heterocycles. The predicted octanol–water partition coefficient (Wildman–Crippen LogP) is 1.39. The molecule has 1 atom stereocenters. The number of nitrogens with zero attached hydrogens (tertiary/aromatic N) is 3. The molecule has 0 radical (unpaired) electrons. The van der Waals surface area contributed by atoms with Crippen LogP contribution >= 0.6 is 0 Å². The van der Waals surface area contributed by atoms with E-state index in [-0.39, 0.29) is 34.8 Å². The third-order valence-electron chi connectivity index (χ3n) is 4.17. The smallest absolute Gasteiger partial charge is 0.294 e. The summed E-state index contributed by atoms with van der Waals surface area (Å²) in [6, 6.07) is 5.23. The molecule has 0 aliphatic carbocycles. The van der Waals surface area contributed by atoms with E-state index in [2.05, 4.69) is 15.5 Å². The molecule has 154 valence electrons. The number of nitro groups is 2. The van der Waals surface area contributed by atoms with Crippen LogP contribution in [0.4, 0.5) is 5.69 Å². The Bertz CT molecular complexity index is 939. The molecule has 13 heteroatoms. The van der Waals surface area contributed by atoms with Gasteiger partial charge in [-0.2, -0.15) is 0 Å². The van der Waals surface area contributed by atoms with Crippen molar-refractivity contribution in [2.45, 2.75) is 19.8 Å². The molecule has 1 aliphatic rings. The first kappa shape index (κ1) is 21.3. The summed E-state index contributed by atoms with van der Waals surface area (Å²) in [5.74, 6) is -1.90. The molecule has 0 fully saturated rings. The van der Waals surface area contributed by atoms with Crippen molar-refractivity contribution in [1.29, 1.82) is 0 Å². The summed E-state index contributed by atoms with van der Waals surface area (Å²) < 4.78 is 0. The zero-order chi connectivity index (χ0) is 21.7. The van der Waals surface area contributed by atoms with Gasteiger partial charge in [-0.3, -0.25) is 25.0 Å². The highest BCUT2D eigenvalue weighted by Crippen LogP contribution is 2.39. The molecule has 29 heavy (non-hydrogen) atoms. The van der Waals surface area contributed by atoms with Crippen molar-refractivity contribution in [1.82, 2.24) is 10.6 Å². The average molecular weight is 407 g/mol. The predicted molar refractivity (Wildman–Crippen MR) is 97.3 cm³/mol. The van der Waals surface area contributed by atoms with Gasteiger partial charge >= 0.3 is 0 Å². The Labute approximate surface area is 163 Å². The number of hydrogen-bond acceptors (Lipinski definition) is 9. The largest absolute Gasteiger partial charge is 0.357 e. The highest BCUT2D eigenvalue weighted by Gasteiger charge is 2.40. The van der Waals surface area contributed by atoms with E-state index in [0.29, 0.717) is 5.70 Å². The minimum Gasteiger partial charge on any atom is -0.357 e. The lowest BCUT2D eigenvalue weighted by Gasteiger charge is -2.27. The molecule has 0 saturated heterocycles. The maximum Gasteiger partial charge on any atom is 0.294 e. The molecule has 1 aliphatic heterocycles. The van der Waals surface area contributed by atoms with Crippen molar-refractivity contribution in [2.75, 3.05) is 13.2 Å². The Morgan fingerprint density at radius 3 is 2.41 bits per heavy atom. The summed E-state index contributed by atoms with van der Waals surface area (Å²) in [6.45, 7) is 2.38. The van der Waals surface area contributed by atoms with Gasteiger partial charge < -0.3 is 15.5 Å². The van der Waals surface area contributed by atoms with Gasteiger partial charge in [-0.1, -0.05) is 12.1 Å². The number of allylic oxidation sites excluding steroid dienone is 3. The van der Waals surface area contributed by atoms with Crippen LogP contribution in [0.2, 0.25) is 0 Å². The zero-order valence-corrected chi connectivity index (χ0v) is 15.4. The number of nitro benzene ring substituents is 1. The third kappa shape index (κ3) is 4.82. The molecule has 1 aromatic carbocycles. The fourth-order valence-electron chi connectivity index (χ4n) is 3.05. The quantitative estimate of drug-likeness (QED) is 0.365. The molecule has 0 spiro atoms. The standard InChI is InChI=1S/C16H17N5O8/c1-9-13(16(22)17-6-7-29-21(27)28)14(15(20(25)26)10(2)18-9)11-4-3-5-12(8-11)19(23)24/h3-5,8,14,18H,6-7H2,1-2H3,(H,17,22)/t14-/m1/s1. The van der Waals surface area contributed by atoms with E-state index in [9.17, 15) is 35.1 Å². The van der Waals surface area contributed by atoms with Crippen LogP contribution in [0, 0.1) is 30.3 Å². The zero-order valence-electron chi connectivity index (χ0n) is 15.4. The van der Waals surface area contributed by atoms with E-state index in [4.69, 9.17) is 0 Å². The Balaban J connectivity index is 2.46. The summed E-state index contributed by atoms with van der Waals surface area (Å²) in [4.78, 5) is 48.5. The van der Waals surface area contributed by atoms with Gasteiger partial charge in [0.05, 0.1) is 21.1 Å². The minimum atomic E-state index is -1.18. The minimum absolute atomic E-state index is 0.0242. The molecule has 0 aromatic heterocycles. The highest BCUT2D eigenvalue weighted by atomic mass is 16.9. The van der Waals surface area contributed by atoms with Gasteiger partial charge in [-0.05, 0) is 19.4 Å². The Morgan fingerprint density at radius 1 is 1.14 bits per heavy atom. The Hall–Kier alpha value is -4.03. The Morgan fingerprint density at radius 2 is 1.83 bits per heavy atom. The Kier molecular flexibility index (Phi) is 6.43. The average Bonchev–Trinajstić information content (AvgIpc) is 2.64. The lowest BCUT2D eigenvalue weighted by Crippen LogP contribution is -2.37. The topological polar surface area (TPSA) is 180 Å². The first-order valence-electron chi connectivity index (χ1n) is 8.26. The van der Waals surface area contributed by atoms with Gasteiger partial charge in [-0.15, -0.1) is 10.1 Å². The third-order valence-corrected chi connectivity index (χ3v) is 4.17. The van der Waals surface area contributed by atoms with E-state index in [1.807, 2.05) is 0 Å². The second-order valence-corrected chi connectivity index (χ2v) is 6.03. The summed E-state index contributed by atoms with van der Waals surface area (Å²) >= 11 is 0. The fourth-order valence-corrected chi connectivity index (χ4v) is 3.05. The van der Waals surface area contributed by atoms with Crippen LogP contribution in [0.15, 0.2) is 46.9 Å². The van der Waals surface area contributed by atoms with Crippen LogP contribution in [0.25, 0.3) is 0 Å². The van der Waals surface area contributed by atoms with Gasteiger partial charge in [0.15, 0.2) is 0 Å². The lowest BCUT2D eigenvalue weighted by molar-refractivity contribution is -0.757. The molecule has 2 N–H and O–H groups in total. The van der Waals surface area contributed by atoms with Gasteiger partial charge in [0.2, 0.25) is 5.91 Å². The molecule has 0 bridgehead atoms. The molecule has 0 unspecified atom stereocenters. The summed E-state index contributed by atoms with van der Waals surface area (Å²) in [7, 11) is 0. The maximum atomic E-state index is 12.7. The molecule has 1 aromatic rings. The van der Waals surface area contributed by atoms with Gasteiger partial charge in [0, 0.05) is 24.4 Å². The molecular formula is C16H17N5O8. The summed E-state index contributed by atoms with van der Waals surface area (Å²) in [5.41, 5.74) is 0.0669. The van der Waals surface area contributed by atoms with Crippen molar-refractivity contribution in [3.63, 3.8) is 0 Å². The van der Waals surface area contributed by atoms with E-state index in [0.717, 1.165) is 0 Å². The van der Waals surface area contributed by atoms with Crippen LogP contribution < -0.4 is 10.6 Å². The van der Waals surface area contributed by atoms with Crippen LogP contribution in [-0.4, -0.2) is 34.0 Å². The van der Waals surface area contributed by atoms with Crippen LogP contribution in [0.5, 0.6) is 0 Å². The molecular weight excluding hydrogens is 390 g/mol. The normalized spacial score (nSPS) is 16.1. The van der Waals surface area contributed by atoms with Gasteiger partial charge in [-0.25, -0.2) is 0 Å². The van der Waals surface area contributed by atoms with Crippen molar-refractivity contribution < 1.29 is 24.6 Å². The van der Waals surface area contributed by atoms with E-state index in [1.165, 1.54) is 38.1 Å². The van der Waals surface area contributed by atoms with E-state index < -0.39 is 33.4 Å². The fraction of sp³-hybridized carbons (Fsp3) is 0.312. The molecule has 0 saturated carbocycles. The number of non-ortho nitro benzene ring substituents is 1. The van der Waals surface area contributed by atoms with Crippen molar-refractivity contribution in [2.24, 2.45) is 0 Å². The SMILES string of the molecule is CC1=C(C(=O)NCCO[N+](=O)[O-])[C@@H](c2cccc([N+](=O)[O-])c2)C([N+](=O)[O-])=C(C)N1. The van der Waals surface area contributed by atoms with Gasteiger partial charge in [0.25, 0.3) is 16.5 Å². The lowest BCUT2D eigenvalue weighted by atomic mass is 9.83. The monoisotopic (exact) mass is 407 g/mol. The van der Waals surface area contributed by atoms with Crippen LogP contribution in [0.3, 0.4) is 0 Å². The van der Waals surface area contributed by atoms with Crippen LogP contribution in [-0.2, 0) is 9.63 Å². The number of rotatable bonds is 8. The first-order chi connectivity index (χ1) is 13.6. The number of benzene rings is 1. The summed E-state index contributed by atoms with van der Waals surface area (Å²) in [6.07, 6.45) is 0. The second-order valence-electron chi connectivity index (χ2n) is 6.03. The number of nitrogens with one attached hydrogen (secondary N) is 2. The summed E-state index contributed by atoms with van der Waals surface area (Å²) in [5, 5.41) is 37.2. The molecule has 2 rings (SSSR count). The van der Waals surface area contributed by atoms with E-state index >= 15 is 0 Å². The van der Waals surface area contributed by atoms with Gasteiger partial charge in [0.1, 0.15) is 12.5 Å². The number of amides is 1. The number of carbonyl (C=O) groups excluding carboxylic acids is 1. The number of carbonyl (C=O) groups is 1. The first-order valence-corrected chi connectivity index (χ1v) is 8.26. The van der Waals surface area contributed by atoms with E-state index in [1.54, 1.807) is 0 Å². The number of dihydropyridines is 1. The highest BCUT2D eigenvalue weighted by molar-refractivity contribution is 5.96. The maximum absolute atomic E-state index is 12.7.